The first-order valence-corrected chi connectivity index (χ1v) is 14.8. The number of nitrogens with one attached hydrogen (secondary N) is 1. The third-order valence-corrected chi connectivity index (χ3v) is 9.29. The number of Topliss-reactive ketones (excluding diaryl/α,β-unsaturated/α-hetero) is 2. The Hall–Kier alpha value is -3.51. The first-order valence-electron chi connectivity index (χ1n) is 13.8. The van der Waals surface area contributed by atoms with E-state index in [-0.39, 0.29) is 41.7 Å². The van der Waals surface area contributed by atoms with Crippen LogP contribution in [0.15, 0.2) is 45.6 Å². The Labute approximate surface area is 248 Å². The second kappa shape index (κ2) is 10.3. The summed E-state index contributed by atoms with van der Waals surface area (Å²) >= 11 is 1.50. The fourth-order valence-electron chi connectivity index (χ4n) is 6.76. The second-order valence-corrected chi connectivity index (χ2v) is 13.7. The summed E-state index contributed by atoms with van der Waals surface area (Å²) in [6.45, 7) is 7.18. The van der Waals surface area contributed by atoms with Crippen LogP contribution in [0.4, 0.5) is 0 Å². The molecule has 0 spiro atoms. The van der Waals surface area contributed by atoms with Crippen molar-refractivity contribution in [2.45, 2.75) is 51.8 Å². The molecule has 4 unspecified atom stereocenters. The van der Waals surface area contributed by atoms with Gasteiger partial charge in [0, 0.05) is 30.1 Å². The molecule has 1 heterocycles. The Balaban J connectivity index is 1.69. The van der Waals surface area contributed by atoms with Gasteiger partial charge in [-0.15, -0.1) is 0 Å². The predicted molar refractivity (Wildman–Crippen MR) is 158 cm³/mol. The molecule has 4 atom stereocenters. The van der Waals surface area contributed by atoms with Gasteiger partial charge in [0.1, 0.15) is 22.8 Å². The summed E-state index contributed by atoms with van der Waals surface area (Å²) in [5.74, 6) is -6.56. The maximum absolute atomic E-state index is 14.2. The summed E-state index contributed by atoms with van der Waals surface area (Å²) in [5.41, 5.74) is 4.56. The fraction of sp³-hybridized carbons (Fsp3) is 0.452. The minimum absolute atomic E-state index is 0.0165. The summed E-state index contributed by atoms with van der Waals surface area (Å²) in [6.07, 6.45) is 0.285. The molecule has 224 valence electrons. The van der Waals surface area contributed by atoms with Gasteiger partial charge in [-0.1, -0.05) is 20.8 Å². The number of thiophene rings is 1. The highest BCUT2D eigenvalue weighted by Crippen LogP contribution is 2.53. The normalized spacial score (nSPS) is 25.9. The largest absolute Gasteiger partial charge is 0.510 e. The second-order valence-electron chi connectivity index (χ2n) is 12.9. The molecule has 0 saturated carbocycles. The number of nitrogens with two attached hydrogens (primary N) is 1. The molecule has 10 nitrogen and oxygen atoms in total. The SMILES string of the molecule is CN(C)C1C(O)=C(C(N)=O)C(=O)C2(O)C(O)=C3C(=O)c4c(O)c(CNCC(C)(C)C)cc(-c5ccsc5)c4CC3CC12. The van der Waals surface area contributed by atoms with Crippen molar-refractivity contribution in [3.05, 3.63) is 62.2 Å². The van der Waals surface area contributed by atoms with E-state index in [1.807, 2.05) is 22.9 Å². The number of aromatic hydroxyl groups is 1. The lowest BCUT2D eigenvalue weighted by atomic mass is 9.58. The number of amides is 1. The monoisotopic (exact) mass is 595 g/mol. The zero-order valence-corrected chi connectivity index (χ0v) is 25.1. The van der Waals surface area contributed by atoms with Gasteiger partial charge >= 0.3 is 0 Å². The number of phenols is 1. The Morgan fingerprint density at radius 1 is 1.21 bits per heavy atom. The van der Waals surface area contributed by atoms with E-state index in [4.69, 9.17) is 5.73 Å². The van der Waals surface area contributed by atoms with Gasteiger partial charge in [0.2, 0.25) is 5.78 Å². The molecule has 1 amide bonds. The molecule has 5 rings (SSSR count). The van der Waals surface area contributed by atoms with E-state index in [0.29, 0.717) is 17.7 Å². The van der Waals surface area contributed by atoms with Crippen LogP contribution in [0.3, 0.4) is 0 Å². The van der Waals surface area contributed by atoms with E-state index in [1.165, 1.54) is 16.2 Å². The number of nitrogens with zero attached hydrogens (tertiary/aromatic N) is 1. The van der Waals surface area contributed by atoms with Gasteiger partial charge in [-0.2, -0.15) is 11.3 Å². The van der Waals surface area contributed by atoms with Crippen LogP contribution in [0.1, 0.15) is 48.7 Å². The zero-order valence-electron chi connectivity index (χ0n) is 24.3. The molecule has 0 saturated heterocycles. The Kier molecular flexibility index (Phi) is 7.38. The minimum atomic E-state index is -2.66. The van der Waals surface area contributed by atoms with E-state index in [9.17, 15) is 34.8 Å². The first kappa shape index (κ1) is 30.0. The molecule has 0 fully saturated rings. The number of phenolic OH excluding ortho intramolecular Hbond substituents is 1. The standard InChI is InChI=1S/C31H37N3O7S/c1-30(2,3)13-33-11-16-9-17(14-6-7-42-12-14)18-8-15-10-19-23(34(4)5)26(37)22(29(32)40)28(39)31(19,41)27(38)20(15)25(36)21(18)24(16)35/h6-7,9,12,15,19,23,33,35,37-38,41H,8,10-11,13H2,1-5H3,(H2,32,40). The van der Waals surface area contributed by atoms with E-state index < -0.39 is 58.0 Å². The fourth-order valence-corrected chi connectivity index (χ4v) is 7.41. The van der Waals surface area contributed by atoms with Crippen LogP contribution in [0, 0.1) is 17.3 Å². The quantitative estimate of drug-likeness (QED) is 0.275. The number of primary amides is 1. The molecule has 3 aliphatic rings. The lowest BCUT2D eigenvalue weighted by molar-refractivity contribution is -0.148. The number of likely N-dealkylation sites (N-methyl/N-ethyl adjacent to an activating group) is 1. The van der Waals surface area contributed by atoms with Crippen molar-refractivity contribution in [1.29, 1.82) is 0 Å². The van der Waals surface area contributed by atoms with Gasteiger partial charge in [0.15, 0.2) is 11.4 Å². The molecular weight excluding hydrogens is 558 g/mol. The van der Waals surface area contributed by atoms with Crippen molar-refractivity contribution < 1.29 is 34.8 Å². The summed E-state index contributed by atoms with van der Waals surface area (Å²) in [5, 5.41) is 53.0. The van der Waals surface area contributed by atoms with Crippen molar-refractivity contribution in [2.24, 2.45) is 23.0 Å². The Morgan fingerprint density at radius 2 is 1.90 bits per heavy atom. The number of ketones is 2. The third kappa shape index (κ3) is 4.55. The Morgan fingerprint density at radius 3 is 2.48 bits per heavy atom. The molecule has 0 radical (unpaired) electrons. The summed E-state index contributed by atoms with van der Waals surface area (Å²) in [6, 6.07) is 2.79. The maximum Gasteiger partial charge on any atom is 0.255 e. The highest BCUT2D eigenvalue weighted by atomic mass is 32.1. The van der Waals surface area contributed by atoms with Gasteiger partial charge in [0.25, 0.3) is 5.91 Å². The average molecular weight is 596 g/mol. The number of carbonyl (C=O) groups excluding carboxylic acids is 3. The highest BCUT2D eigenvalue weighted by molar-refractivity contribution is 7.08. The number of aliphatic hydroxyl groups excluding tert-OH is 2. The van der Waals surface area contributed by atoms with Crippen LogP contribution in [-0.4, -0.2) is 75.1 Å². The molecule has 1 aromatic carbocycles. The number of hydrogen-bond donors (Lipinski definition) is 6. The summed E-state index contributed by atoms with van der Waals surface area (Å²) in [4.78, 5) is 41.5. The van der Waals surface area contributed by atoms with Crippen molar-refractivity contribution in [1.82, 2.24) is 10.2 Å². The van der Waals surface area contributed by atoms with E-state index in [2.05, 4.69) is 26.1 Å². The van der Waals surface area contributed by atoms with Crippen molar-refractivity contribution in [3.63, 3.8) is 0 Å². The molecule has 7 N–H and O–H groups in total. The molecule has 0 aliphatic heterocycles. The average Bonchev–Trinajstić information content (AvgIpc) is 3.41. The number of carbonyl (C=O) groups is 3. The lowest BCUT2D eigenvalue weighted by Crippen LogP contribution is -2.63. The minimum Gasteiger partial charge on any atom is -0.510 e. The summed E-state index contributed by atoms with van der Waals surface area (Å²) < 4.78 is 0. The maximum atomic E-state index is 14.2. The molecule has 3 aliphatic carbocycles. The molecule has 11 heteroatoms. The van der Waals surface area contributed by atoms with Crippen LogP contribution < -0.4 is 11.1 Å². The van der Waals surface area contributed by atoms with E-state index in [1.54, 1.807) is 14.1 Å². The van der Waals surface area contributed by atoms with Gasteiger partial charge in [-0.3, -0.25) is 19.3 Å². The Bertz CT molecular complexity index is 1550. The topological polar surface area (TPSA) is 173 Å². The number of benzene rings is 1. The highest BCUT2D eigenvalue weighted by Gasteiger charge is 2.63. The van der Waals surface area contributed by atoms with Crippen molar-refractivity contribution >= 4 is 28.8 Å². The lowest BCUT2D eigenvalue weighted by Gasteiger charge is -2.50. The number of fused-ring (bicyclic) bond motifs is 3. The zero-order chi connectivity index (χ0) is 30.9. The smallest absolute Gasteiger partial charge is 0.255 e. The first-order chi connectivity index (χ1) is 19.6. The van der Waals surface area contributed by atoms with Gasteiger partial charge in [-0.05, 0) is 77.9 Å². The number of aliphatic hydroxyl groups is 3. The van der Waals surface area contributed by atoms with Gasteiger partial charge in [0.05, 0.1) is 11.6 Å². The van der Waals surface area contributed by atoms with Crippen LogP contribution >= 0.6 is 11.3 Å². The van der Waals surface area contributed by atoms with Gasteiger partial charge < -0.3 is 31.5 Å². The number of rotatable bonds is 6. The van der Waals surface area contributed by atoms with Gasteiger partial charge in [-0.25, -0.2) is 0 Å². The molecule has 42 heavy (non-hydrogen) atoms. The molecular formula is C31H37N3O7S. The van der Waals surface area contributed by atoms with Crippen LogP contribution in [0.5, 0.6) is 5.75 Å². The van der Waals surface area contributed by atoms with Crippen molar-refractivity contribution in [2.75, 3.05) is 20.6 Å². The third-order valence-electron chi connectivity index (χ3n) is 8.60. The predicted octanol–water partition coefficient (Wildman–Crippen LogP) is 2.98. The van der Waals surface area contributed by atoms with E-state index in [0.717, 1.165) is 11.1 Å². The number of allylic oxidation sites excluding steroid dienone is 1. The van der Waals surface area contributed by atoms with Crippen LogP contribution in [-0.2, 0) is 22.6 Å². The van der Waals surface area contributed by atoms with Crippen LogP contribution in [0.2, 0.25) is 0 Å². The van der Waals surface area contributed by atoms with E-state index >= 15 is 0 Å². The van der Waals surface area contributed by atoms with Crippen molar-refractivity contribution in [3.8, 4) is 16.9 Å². The number of hydrogen-bond acceptors (Lipinski definition) is 10. The molecule has 0 bridgehead atoms. The van der Waals surface area contributed by atoms with Crippen LogP contribution in [0.25, 0.3) is 11.1 Å². The molecule has 2 aromatic rings. The molecule has 1 aromatic heterocycles. The summed E-state index contributed by atoms with van der Waals surface area (Å²) in [7, 11) is 3.21.